The third kappa shape index (κ3) is 3.42. The van der Waals surface area contributed by atoms with Crippen molar-refractivity contribution >= 4 is 10.0 Å². The van der Waals surface area contributed by atoms with Gasteiger partial charge >= 0.3 is 0 Å². The van der Waals surface area contributed by atoms with Crippen molar-refractivity contribution in [1.82, 2.24) is 9.62 Å². The zero-order valence-electron chi connectivity index (χ0n) is 10.9. The summed E-state index contributed by atoms with van der Waals surface area (Å²) in [5.41, 5.74) is 0. The molecule has 5 heteroatoms. The Morgan fingerprint density at radius 1 is 1.29 bits per heavy atom. The van der Waals surface area contributed by atoms with Crippen LogP contribution in [0.5, 0.6) is 0 Å². The van der Waals surface area contributed by atoms with Gasteiger partial charge in [-0.15, -0.1) is 0 Å². The van der Waals surface area contributed by atoms with E-state index in [4.69, 9.17) is 0 Å². The van der Waals surface area contributed by atoms with E-state index < -0.39 is 10.0 Å². The van der Waals surface area contributed by atoms with E-state index in [0.29, 0.717) is 25.0 Å². The van der Waals surface area contributed by atoms with Gasteiger partial charge < -0.3 is 5.32 Å². The van der Waals surface area contributed by atoms with Gasteiger partial charge in [0.25, 0.3) is 0 Å². The SMILES string of the molecule is CC(C)C1CCCN1S(=O)(=O)CCNC1CC1. The predicted octanol–water partition coefficient (Wildman–Crippen LogP) is 1.19. The van der Waals surface area contributed by atoms with Crippen LogP contribution in [0.25, 0.3) is 0 Å². The van der Waals surface area contributed by atoms with Gasteiger partial charge in [0.05, 0.1) is 5.75 Å². The molecule has 1 N–H and O–H groups in total. The molecule has 1 saturated heterocycles. The molecule has 1 aliphatic heterocycles. The molecule has 1 atom stereocenters. The lowest BCUT2D eigenvalue weighted by Gasteiger charge is -2.26. The summed E-state index contributed by atoms with van der Waals surface area (Å²) in [4.78, 5) is 0. The summed E-state index contributed by atoms with van der Waals surface area (Å²) in [6.07, 6.45) is 4.45. The molecule has 2 rings (SSSR count). The Balaban J connectivity index is 1.88. The summed E-state index contributed by atoms with van der Waals surface area (Å²) < 4.78 is 26.2. The van der Waals surface area contributed by atoms with E-state index in [1.54, 1.807) is 4.31 Å². The summed E-state index contributed by atoms with van der Waals surface area (Å²) in [6, 6.07) is 0.811. The van der Waals surface area contributed by atoms with Crippen LogP contribution in [0.1, 0.15) is 39.5 Å². The predicted molar refractivity (Wildman–Crippen MR) is 69.4 cm³/mol. The lowest BCUT2D eigenvalue weighted by molar-refractivity contribution is 0.315. The van der Waals surface area contributed by atoms with Crippen molar-refractivity contribution in [2.45, 2.75) is 51.6 Å². The quantitative estimate of drug-likeness (QED) is 0.780. The smallest absolute Gasteiger partial charge is 0.215 e. The van der Waals surface area contributed by atoms with Crippen LogP contribution in [0.2, 0.25) is 0 Å². The van der Waals surface area contributed by atoms with Gasteiger partial charge in [0.15, 0.2) is 0 Å². The first kappa shape index (κ1) is 13.3. The van der Waals surface area contributed by atoms with Crippen molar-refractivity contribution in [2.75, 3.05) is 18.8 Å². The zero-order chi connectivity index (χ0) is 12.5. The van der Waals surface area contributed by atoms with E-state index in [1.165, 1.54) is 12.8 Å². The van der Waals surface area contributed by atoms with Crippen LogP contribution in [0.3, 0.4) is 0 Å². The summed E-state index contributed by atoms with van der Waals surface area (Å²) in [6.45, 7) is 5.55. The van der Waals surface area contributed by atoms with Crippen LogP contribution in [-0.4, -0.2) is 43.6 Å². The highest BCUT2D eigenvalue weighted by atomic mass is 32.2. The lowest BCUT2D eigenvalue weighted by Crippen LogP contribution is -2.41. The molecule has 1 unspecified atom stereocenters. The minimum absolute atomic E-state index is 0.223. The van der Waals surface area contributed by atoms with Crippen LogP contribution >= 0.6 is 0 Å². The minimum Gasteiger partial charge on any atom is -0.313 e. The Kier molecular flexibility index (Phi) is 4.10. The average molecular weight is 260 g/mol. The van der Waals surface area contributed by atoms with Gasteiger partial charge in [0, 0.05) is 25.2 Å². The Hall–Kier alpha value is -0.130. The van der Waals surface area contributed by atoms with Crippen molar-refractivity contribution in [1.29, 1.82) is 0 Å². The molecule has 17 heavy (non-hydrogen) atoms. The van der Waals surface area contributed by atoms with Gasteiger partial charge in [0.1, 0.15) is 0 Å². The van der Waals surface area contributed by atoms with E-state index in [0.717, 1.165) is 12.8 Å². The second kappa shape index (κ2) is 5.24. The Bertz CT molecular complexity index is 350. The first-order valence-corrected chi connectivity index (χ1v) is 8.34. The number of hydrogen-bond donors (Lipinski definition) is 1. The Labute approximate surface area is 105 Å². The number of rotatable bonds is 6. The average Bonchev–Trinajstić information content (AvgIpc) is 2.92. The molecule has 0 radical (unpaired) electrons. The van der Waals surface area contributed by atoms with Crippen molar-refractivity contribution in [3.63, 3.8) is 0 Å². The zero-order valence-corrected chi connectivity index (χ0v) is 11.7. The summed E-state index contributed by atoms with van der Waals surface area (Å²) in [5.74, 6) is 0.677. The molecule has 0 aromatic rings. The molecule has 1 heterocycles. The monoisotopic (exact) mass is 260 g/mol. The van der Waals surface area contributed by atoms with Crippen molar-refractivity contribution in [3.05, 3.63) is 0 Å². The highest BCUT2D eigenvalue weighted by Gasteiger charge is 2.35. The first-order chi connectivity index (χ1) is 8.00. The highest BCUT2D eigenvalue weighted by Crippen LogP contribution is 2.26. The van der Waals surface area contributed by atoms with Crippen molar-refractivity contribution in [3.8, 4) is 0 Å². The third-order valence-electron chi connectivity index (χ3n) is 3.75. The topological polar surface area (TPSA) is 49.4 Å². The van der Waals surface area contributed by atoms with Gasteiger partial charge in [-0.2, -0.15) is 4.31 Å². The minimum atomic E-state index is -3.05. The summed E-state index contributed by atoms with van der Waals surface area (Å²) in [5, 5.41) is 3.27. The molecule has 0 aromatic carbocycles. The van der Waals surface area contributed by atoms with Gasteiger partial charge in [-0.25, -0.2) is 8.42 Å². The van der Waals surface area contributed by atoms with Crippen LogP contribution in [0.4, 0.5) is 0 Å². The fourth-order valence-corrected chi connectivity index (χ4v) is 4.35. The van der Waals surface area contributed by atoms with Crippen LogP contribution < -0.4 is 5.32 Å². The van der Waals surface area contributed by atoms with E-state index in [-0.39, 0.29) is 11.8 Å². The van der Waals surface area contributed by atoms with Crippen molar-refractivity contribution < 1.29 is 8.42 Å². The van der Waals surface area contributed by atoms with Gasteiger partial charge in [-0.05, 0) is 31.6 Å². The van der Waals surface area contributed by atoms with E-state index in [1.807, 2.05) is 0 Å². The largest absolute Gasteiger partial charge is 0.313 e. The summed E-state index contributed by atoms with van der Waals surface area (Å²) in [7, 11) is -3.05. The maximum Gasteiger partial charge on any atom is 0.215 e. The third-order valence-corrected chi connectivity index (χ3v) is 5.63. The van der Waals surface area contributed by atoms with Crippen LogP contribution in [0.15, 0.2) is 0 Å². The first-order valence-electron chi connectivity index (χ1n) is 6.73. The molecule has 2 aliphatic rings. The number of nitrogens with zero attached hydrogens (tertiary/aromatic N) is 1. The Morgan fingerprint density at radius 3 is 2.59 bits per heavy atom. The van der Waals surface area contributed by atoms with Crippen LogP contribution in [0, 0.1) is 5.92 Å². The Morgan fingerprint density at radius 2 is 2.00 bits per heavy atom. The van der Waals surface area contributed by atoms with Crippen LogP contribution in [-0.2, 0) is 10.0 Å². The van der Waals surface area contributed by atoms with E-state index in [9.17, 15) is 8.42 Å². The molecule has 1 aliphatic carbocycles. The second-order valence-electron chi connectivity index (χ2n) is 5.61. The summed E-state index contributed by atoms with van der Waals surface area (Å²) >= 11 is 0. The fraction of sp³-hybridized carbons (Fsp3) is 1.00. The molecule has 0 aromatic heterocycles. The number of nitrogens with one attached hydrogen (secondary N) is 1. The fourth-order valence-electron chi connectivity index (χ4n) is 2.57. The van der Waals surface area contributed by atoms with E-state index >= 15 is 0 Å². The molecule has 0 bridgehead atoms. The maximum absolute atomic E-state index is 12.2. The highest BCUT2D eigenvalue weighted by molar-refractivity contribution is 7.89. The molecule has 4 nitrogen and oxygen atoms in total. The molecule has 0 amide bonds. The van der Waals surface area contributed by atoms with Gasteiger partial charge in [0.2, 0.25) is 10.0 Å². The molecular formula is C12H24N2O2S. The standard InChI is InChI=1S/C12H24N2O2S/c1-10(2)12-4-3-8-14(12)17(15,16)9-7-13-11-5-6-11/h10-13H,3-9H2,1-2H3. The van der Waals surface area contributed by atoms with E-state index in [2.05, 4.69) is 19.2 Å². The number of sulfonamides is 1. The van der Waals surface area contributed by atoms with Gasteiger partial charge in [-0.1, -0.05) is 13.8 Å². The lowest BCUT2D eigenvalue weighted by atomic mass is 10.0. The van der Waals surface area contributed by atoms with Gasteiger partial charge in [-0.3, -0.25) is 0 Å². The number of hydrogen-bond acceptors (Lipinski definition) is 3. The van der Waals surface area contributed by atoms with Crippen molar-refractivity contribution in [2.24, 2.45) is 5.92 Å². The molecular weight excluding hydrogens is 236 g/mol. The molecule has 1 saturated carbocycles. The normalized spacial score (nSPS) is 26.9. The second-order valence-corrected chi connectivity index (χ2v) is 7.65. The molecule has 0 spiro atoms. The molecule has 100 valence electrons. The maximum atomic E-state index is 12.2. The molecule has 2 fully saturated rings.